The van der Waals surface area contributed by atoms with Gasteiger partial charge in [0.1, 0.15) is 5.60 Å². The number of rotatable bonds is 6. The average molecular weight is 325 g/mol. The Bertz CT molecular complexity index is 526. The molecule has 0 rings (SSSR count). The number of nitrogens with zero attached hydrogens (tertiary/aromatic N) is 3. The minimum absolute atomic E-state index is 0.400. The maximum absolute atomic E-state index is 12.5. The van der Waals surface area contributed by atoms with Gasteiger partial charge in [-0.25, -0.2) is 0 Å². The zero-order valence-electron chi connectivity index (χ0n) is 15.2. The molecule has 2 atom stereocenters. The first-order valence-corrected chi connectivity index (χ1v) is 7.41. The maximum Gasteiger partial charge on any atom is 0.313 e. The van der Waals surface area contributed by atoms with Crippen molar-refractivity contribution >= 4 is 11.9 Å². The van der Waals surface area contributed by atoms with Crippen molar-refractivity contribution in [1.29, 1.82) is 0 Å². The molecule has 0 aliphatic carbocycles. The highest BCUT2D eigenvalue weighted by Gasteiger charge is 2.36. The SMILES string of the molecule is COC(=O)C(C)/C(C)=C\C(C(=O)OC(C)(C)C)C(C)(C)N=[N+]=[N-]. The Kier molecular flexibility index (Phi) is 7.31. The van der Waals surface area contributed by atoms with Crippen LogP contribution in [0.4, 0.5) is 0 Å². The van der Waals surface area contributed by atoms with Crippen molar-refractivity contribution < 1.29 is 19.1 Å². The molecule has 0 N–H and O–H groups in total. The zero-order chi connectivity index (χ0) is 18.4. The molecule has 0 saturated carbocycles. The van der Waals surface area contributed by atoms with E-state index in [4.69, 9.17) is 15.0 Å². The van der Waals surface area contributed by atoms with Crippen LogP contribution in [0.15, 0.2) is 16.8 Å². The number of esters is 2. The minimum atomic E-state index is -1.03. The van der Waals surface area contributed by atoms with Crippen LogP contribution in [0, 0.1) is 11.8 Å². The van der Waals surface area contributed by atoms with Crippen molar-refractivity contribution in [2.24, 2.45) is 17.0 Å². The molecule has 2 unspecified atom stereocenters. The van der Waals surface area contributed by atoms with Crippen molar-refractivity contribution in [3.05, 3.63) is 22.1 Å². The topological polar surface area (TPSA) is 101 Å². The second-order valence-corrected chi connectivity index (χ2v) is 7.01. The van der Waals surface area contributed by atoms with Crippen molar-refractivity contribution in [3.8, 4) is 0 Å². The van der Waals surface area contributed by atoms with Crippen LogP contribution in [-0.2, 0) is 19.1 Å². The van der Waals surface area contributed by atoms with Gasteiger partial charge in [0, 0.05) is 4.91 Å². The van der Waals surface area contributed by atoms with Crippen molar-refractivity contribution in [2.75, 3.05) is 7.11 Å². The highest BCUT2D eigenvalue weighted by Crippen LogP contribution is 2.29. The third-order valence-electron chi connectivity index (χ3n) is 3.39. The minimum Gasteiger partial charge on any atom is -0.469 e. The lowest BCUT2D eigenvalue weighted by atomic mass is 9.85. The number of methoxy groups -OCH3 is 1. The fourth-order valence-corrected chi connectivity index (χ4v) is 1.87. The van der Waals surface area contributed by atoms with E-state index >= 15 is 0 Å². The van der Waals surface area contributed by atoms with Crippen LogP contribution < -0.4 is 0 Å². The van der Waals surface area contributed by atoms with Crippen molar-refractivity contribution in [1.82, 2.24) is 0 Å². The molecule has 23 heavy (non-hydrogen) atoms. The summed E-state index contributed by atoms with van der Waals surface area (Å²) < 4.78 is 10.1. The normalized spacial score (nSPS) is 15.2. The molecule has 0 amide bonds. The lowest BCUT2D eigenvalue weighted by Crippen LogP contribution is -2.38. The molecule has 0 radical (unpaired) electrons. The molecule has 130 valence electrons. The van der Waals surface area contributed by atoms with Crippen LogP contribution in [0.2, 0.25) is 0 Å². The van der Waals surface area contributed by atoms with Gasteiger partial charge in [0.15, 0.2) is 0 Å². The van der Waals surface area contributed by atoms with E-state index in [9.17, 15) is 9.59 Å². The summed E-state index contributed by atoms with van der Waals surface area (Å²) in [5.74, 6) is -2.23. The van der Waals surface area contributed by atoms with Gasteiger partial charge in [-0.1, -0.05) is 30.6 Å². The standard InChI is InChI=1S/C16H27N3O4/c1-10(11(2)13(20)22-8)9-12(16(6,7)18-19-17)14(21)23-15(3,4)5/h9,11-12H,1-8H3/b10-9-. The Morgan fingerprint density at radius 2 is 1.70 bits per heavy atom. The summed E-state index contributed by atoms with van der Waals surface area (Å²) >= 11 is 0. The first kappa shape index (κ1) is 21.0. The first-order valence-electron chi connectivity index (χ1n) is 7.41. The Balaban J connectivity index is 5.74. The highest BCUT2D eigenvalue weighted by atomic mass is 16.6. The van der Waals surface area contributed by atoms with Gasteiger partial charge in [0.2, 0.25) is 0 Å². The van der Waals surface area contributed by atoms with Gasteiger partial charge in [0.25, 0.3) is 0 Å². The molecule has 0 bridgehead atoms. The quantitative estimate of drug-likeness (QED) is 0.244. The second-order valence-electron chi connectivity index (χ2n) is 7.01. The number of hydrogen-bond donors (Lipinski definition) is 0. The summed E-state index contributed by atoms with van der Waals surface area (Å²) in [5.41, 5.74) is 7.69. The van der Waals surface area contributed by atoms with E-state index in [0.717, 1.165) is 0 Å². The fourth-order valence-electron chi connectivity index (χ4n) is 1.87. The van der Waals surface area contributed by atoms with Gasteiger partial charge in [-0.05, 0) is 40.1 Å². The predicted molar refractivity (Wildman–Crippen MR) is 87.5 cm³/mol. The Hall–Kier alpha value is -2.01. The van der Waals surface area contributed by atoms with Crippen LogP contribution in [0.1, 0.15) is 48.5 Å². The molecular formula is C16H27N3O4. The summed E-state index contributed by atoms with van der Waals surface area (Å²) in [6, 6.07) is 0. The van der Waals surface area contributed by atoms with E-state index in [2.05, 4.69) is 10.0 Å². The lowest BCUT2D eigenvalue weighted by Gasteiger charge is -2.30. The van der Waals surface area contributed by atoms with Gasteiger partial charge >= 0.3 is 11.9 Å². The van der Waals surface area contributed by atoms with E-state index in [1.165, 1.54) is 7.11 Å². The summed E-state index contributed by atoms with van der Waals surface area (Å²) in [6.07, 6.45) is 1.62. The molecule has 7 heteroatoms. The fraction of sp³-hybridized carbons (Fsp3) is 0.750. The maximum atomic E-state index is 12.5. The van der Waals surface area contributed by atoms with Gasteiger partial charge < -0.3 is 9.47 Å². The van der Waals surface area contributed by atoms with E-state index < -0.39 is 34.9 Å². The molecule has 0 heterocycles. The summed E-state index contributed by atoms with van der Waals surface area (Å²) in [5, 5.41) is 3.70. The highest BCUT2D eigenvalue weighted by molar-refractivity contribution is 5.78. The van der Waals surface area contributed by atoms with E-state index in [0.29, 0.717) is 5.57 Å². The number of carbonyl (C=O) groups is 2. The number of ether oxygens (including phenoxy) is 2. The average Bonchev–Trinajstić information content (AvgIpc) is 2.40. The van der Waals surface area contributed by atoms with E-state index in [1.807, 2.05) is 0 Å². The molecule has 0 aliphatic rings. The van der Waals surface area contributed by atoms with E-state index in [1.54, 1.807) is 54.5 Å². The summed E-state index contributed by atoms with van der Waals surface area (Å²) in [7, 11) is 1.31. The molecule has 0 aliphatic heterocycles. The zero-order valence-corrected chi connectivity index (χ0v) is 15.2. The van der Waals surface area contributed by atoms with Crippen LogP contribution >= 0.6 is 0 Å². The summed E-state index contributed by atoms with van der Waals surface area (Å²) in [4.78, 5) is 27.0. The molecular weight excluding hydrogens is 298 g/mol. The Labute approximate surface area is 137 Å². The van der Waals surface area contributed by atoms with Gasteiger partial charge in [-0.2, -0.15) is 0 Å². The van der Waals surface area contributed by atoms with Crippen LogP contribution in [0.5, 0.6) is 0 Å². The number of azide groups is 1. The monoisotopic (exact) mass is 325 g/mol. The second kappa shape index (κ2) is 8.02. The van der Waals surface area contributed by atoms with Crippen LogP contribution in [0.3, 0.4) is 0 Å². The smallest absolute Gasteiger partial charge is 0.313 e. The number of carbonyl (C=O) groups excluding carboxylic acids is 2. The van der Waals surface area contributed by atoms with Gasteiger partial charge in [-0.3, -0.25) is 9.59 Å². The molecule has 0 aromatic carbocycles. The molecule has 0 aromatic rings. The number of hydrogen-bond acceptors (Lipinski definition) is 5. The molecule has 0 spiro atoms. The molecule has 7 nitrogen and oxygen atoms in total. The summed E-state index contributed by atoms with van der Waals surface area (Å²) in [6.45, 7) is 12.0. The third kappa shape index (κ3) is 6.74. The third-order valence-corrected chi connectivity index (χ3v) is 3.39. The van der Waals surface area contributed by atoms with Crippen molar-refractivity contribution in [3.63, 3.8) is 0 Å². The lowest BCUT2D eigenvalue weighted by molar-refractivity contribution is -0.160. The first-order chi connectivity index (χ1) is 10.4. The van der Waals surface area contributed by atoms with Gasteiger partial charge in [-0.15, -0.1) is 0 Å². The Morgan fingerprint density at radius 3 is 2.09 bits per heavy atom. The predicted octanol–water partition coefficient (Wildman–Crippen LogP) is 3.79. The van der Waals surface area contributed by atoms with Gasteiger partial charge in [0.05, 0.1) is 24.5 Å². The Morgan fingerprint density at radius 1 is 1.17 bits per heavy atom. The van der Waals surface area contributed by atoms with Crippen LogP contribution in [0.25, 0.3) is 10.4 Å². The molecule has 0 saturated heterocycles. The molecule has 0 fully saturated rings. The molecule has 0 aromatic heterocycles. The van der Waals surface area contributed by atoms with Crippen molar-refractivity contribution in [2.45, 2.75) is 59.6 Å². The van der Waals surface area contributed by atoms with E-state index in [-0.39, 0.29) is 0 Å². The largest absolute Gasteiger partial charge is 0.469 e. The van der Waals surface area contributed by atoms with Crippen LogP contribution in [-0.4, -0.2) is 30.2 Å².